The number of carbonyl (C=O) groups is 3. The molecule has 0 aliphatic rings. The zero-order valence-electron chi connectivity index (χ0n) is 44.5. The number of hydrogen-bond acceptors (Lipinski definition) is 6. The highest BCUT2D eigenvalue weighted by molar-refractivity contribution is 5.71. The minimum absolute atomic E-state index is 0.0700. The van der Waals surface area contributed by atoms with E-state index in [-0.39, 0.29) is 31.1 Å². The van der Waals surface area contributed by atoms with Gasteiger partial charge in [-0.1, -0.05) is 257 Å². The zero-order valence-corrected chi connectivity index (χ0v) is 44.5. The predicted octanol–water partition coefficient (Wildman–Crippen LogP) is 19.5. The molecular formula is C60H112O6. The summed E-state index contributed by atoms with van der Waals surface area (Å²) >= 11 is 0. The Bertz CT molecular complexity index is 1070. The highest BCUT2D eigenvalue weighted by Crippen LogP contribution is 2.16. The van der Waals surface area contributed by atoms with Gasteiger partial charge < -0.3 is 14.2 Å². The molecule has 1 atom stereocenters. The van der Waals surface area contributed by atoms with E-state index in [0.717, 1.165) is 57.8 Å². The van der Waals surface area contributed by atoms with Crippen LogP contribution < -0.4 is 0 Å². The molecule has 0 aliphatic carbocycles. The Morgan fingerprint density at radius 3 is 0.758 bits per heavy atom. The van der Waals surface area contributed by atoms with Gasteiger partial charge in [-0.25, -0.2) is 0 Å². The molecule has 0 radical (unpaired) electrons. The second-order valence-electron chi connectivity index (χ2n) is 19.9. The van der Waals surface area contributed by atoms with Crippen LogP contribution in [-0.2, 0) is 28.6 Å². The van der Waals surface area contributed by atoms with Crippen LogP contribution in [0.3, 0.4) is 0 Å². The topological polar surface area (TPSA) is 78.9 Å². The SMILES string of the molecule is CCCCCCCC/C=C\CCCCCCCCCC(=O)O[C@@H](COC(=O)CCCCCCCCC/C=C\CCCCCCCCCC)COC(=O)CCCCCCCCCCCCCC. The van der Waals surface area contributed by atoms with E-state index < -0.39 is 6.10 Å². The van der Waals surface area contributed by atoms with Crippen molar-refractivity contribution >= 4 is 17.9 Å². The molecule has 0 amide bonds. The van der Waals surface area contributed by atoms with Crippen molar-refractivity contribution in [3.63, 3.8) is 0 Å². The number of unbranched alkanes of at least 4 members (excludes halogenated alkanes) is 39. The van der Waals surface area contributed by atoms with Crippen molar-refractivity contribution in [1.82, 2.24) is 0 Å². The molecule has 0 aromatic carbocycles. The second-order valence-corrected chi connectivity index (χ2v) is 19.9. The summed E-state index contributed by atoms with van der Waals surface area (Å²) in [7, 11) is 0. The predicted molar refractivity (Wildman–Crippen MR) is 284 cm³/mol. The van der Waals surface area contributed by atoms with Gasteiger partial charge in [0.2, 0.25) is 0 Å². The lowest BCUT2D eigenvalue weighted by Gasteiger charge is -2.18. The molecule has 0 fully saturated rings. The van der Waals surface area contributed by atoms with E-state index in [2.05, 4.69) is 45.1 Å². The summed E-state index contributed by atoms with van der Waals surface area (Å²) in [6, 6.07) is 0. The van der Waals surface area contributed by atoms with Gasteiger partial charge in [0, 0.05) is 19.3 Å². The van der Waals surface area contributed by atoms with Gasteiger partial charge in [0.05, 0.1) is 0 Å². The number of ether oxygens (including phenoxy) is 3. The molecule has 6 nitrogen and oxygen atoms in total. The van der Waals surface area contributed by atoms with Gasteiger partial charge >= 0.3 is 17.9 Å². The Balaban J connectivity index is 4.31. The van der Waals surface area contributed by atoms with Crippen molar-refractivity contribution in [2.45, 2.75) is 329 Å². The summed E-state index contributed by atoms with van der Waals surface area (Å²) in [4.78, 5) is 38.1. The molecule has 0 saturated heterocycles. The first kappa shape index (κ1) is 63.9. The molecule has 0 aromatic rings. The van der Waals surface area contributed by atoms with Crippen LogP contribution in [0, 0.1) is 0 Å². The van der Waals surface area contributed by atoms with Gasteiger partial charge in [0.1, 0.15) is 13.2 Å². The van der Waals surface area contributed by atoms with Crippen molar-refractivity contribution in [1.29, 1.82) is 0 Å². The summed E-state index contributed by atoms with van der Waals surface area (Å²) < 4.78 is 16.9. The van der Waals surface area contributed by atoms with Crippen LogP contribution in [0.15, 0.2) is 24.3 Å². The van der Waals surface area contributed by atoms with E-state index in [1.54, 1.807) is 0 Å². The van der Waals surface area contributed by atoms with E-state index in [9.17, 15) is 14.4 Å². The Labute approximate surface area is 411 Å². The number of allylic oxidation sites excluding steroid dienone is 4. The molecule has 0 bridgehead atoms. The van der Waals surface area contributed by atoms with Crippen LogP contribution in [0.4, 0.5) is 0 Å². The maximum Gasteiger partial charge on any atom is 0.306 e. The molecule has 6 heteroatoms. The van der Waals surface area contributed by atoms with Gasteiger partial charge in [-0.15, -0.1) is 0 Å². The summed E-state index contributed by atoms with van der Waals surface area (Å²) in [5, 5.41) is 0. The second kappa shape index (κ2) is 55.5. The molecule has 0 N–H and O–H groups in total. The van der Waals surface area contributed by atoms with Gasteiger partial charge in [0.15, 0.2) is 6.10 Å². The summed E-state index contributed by atoms with van der Waals surface area (Å²) in [5.41, 5.74) is 0. The van der Waals surface area contributed by atoms with E-state index in [0.29, 0.717) is 19.3 Å². The molecule has 0 rings (SSSR count). The average Bonchev–Trinajstić information content (AvgIpc) is 3.31. The maximum atomic E-state index is 12.8. The fraction of sp³-hybridized carbons (Fsp3) is 0.883. The zero-order chi connectivity index (χ0) is 47.9. The fourth-order valence-electron chi connectivity index (χ4n) is 8.73. The molecular weight excluding hydrogens is 817 g/mol. The van der Waals surface area contributed by atoms with Gasteiger partial charge in [-0.3, -0.25) is 14.4 Å². The number of carbonyl (C=O) groups excluding carboxylic acids is 3. The minimum atomic E-state index is -0.771. The maximum absolute atomic E-state index is 12.8. The van der Waals surface area contributed by atoms with Crippen LogP contribution in [0.25, 0.3) is 0 Å². The van der Waals surface area contributed by atoms with E-state index in [1.165, 1.54) is 225 Å². The molecule has 0 unspecified atom stereocenters. The Hall–Kier alpha value is -2.11. The van der Waals surface area contributed by atoms with Gasteiger partial charge in [-0.05, 0) is 70.6 Å². The van der Waals surface area contributed by atoms with Crippen LogP contribution in [0.1, 0.15) is 323 Å². The fourth-order valence-corrected chi connectivity index (χ4v) is 8.73. The van der Waals surface area contributed by atoms with Crippen molar-refractivity contribution in [2.24, 2.45) is 0 Å². The third-order valence-corrected chi connectivity index (χ3v) is 13.2. The quantitative estimate of drug-likeness (QED) is 0.0262. The van der Waals surface area contributed by atoms with Crippen LogP contribution >= 0.6 is 0 Å². The van der Waals surface area contributed by atoms with Crippen LogP contribution in [0.5, 0.6) is 0 Å². The molecule has 0 aromatic heterocycles. The molecule has 66 heavy (non-hydrogen) atoms. The largest absolute Gasteiger partial charge is 0.462 e. The number of esters is 3. The normalized spacial score (nSPS) is 12.1. The first-order valence-electron chi connectivity index (χ1n) is 29.3. The lowest BCUT2D eigenvalue weighted by atomic mass is 10.0. The summed E-state index contributed by atoms with van der Waals surface area (Å²) in [5.74, 6) is -0.860. The van der Waals surface area contributed by atoms with E-state index in [4.69, 9.17) is 14.2 Å². The molecule has 0 aliphatic heterocycles. The minimum Gasteiger partial charge on any atom is -0.462 e. The van der Waals surface area contributed by atoms with Gasteiger partial charge in [0.25, 0.3) is 0 Å². The Morgan fingerprint density at radius 2 is 0.500 bits per heavy atom. The van der Waals surface area contributed by atoms with Crippen LogP contribution in [-0.4, -0.2) is 37.2 Å². The van der Waals surface area contributed by atoms with Crippen LogP contribution in [0.2, 0.25) is 0 Å². The third-order valence-electron chi connectivity index (χ3n) is 13.2. The van der Waals surface area contributed by atoms with Gasteiger partial charge in [-0.2, -0.15) is 0 Å². The first-order valence-corrected chi connectivity index (χ1v) is 29.3. The molecule has 0 saturated carbocycles. The smallest absolute Gasteiger partial charge is 0.306 e. The van der Waals surface area contributed by atoms with E-state index in [1.807, 2.05) is 0 Å². The highest BCUT2D eigenvalue weighted by Gasteiger charge is 2.19. The monoisotopic (exact) mass is 929 g/mol. The lowest BCUT2D eigenvalue weighted by Crippen LogP contribution is -2.30. The molecule has 0 spiro atoms. The third kappa shape index (κ3) is 52.9. The Kier molecular flexibility index (Phi) is 53.7. The van der Waals surface area contributed by atoms with E-state index >= 15 is 0 Å². The number of hydrogen-bond donors (Lipinski definition) is 0. The highest BCUT2D eigenvalue weighted by atomic mass is 16.6. The standard InChI is InChI=1S/C60H112O6/c1-4-7-10-13-16-19-22-25-27-29-30-32-33-35-38-41-44-47-50-53-59(62)65-56-57(55-64-58(61)52-49-46-43-40-37-24-21-18-15-12-9-6-3)66-60(63)54-51-48-45-42-39-36-34-31-28-26-23-20-17-14-11-8-5-2/h26,28-30,57H,4-25,27,31-56H2,1-3H3/b28-26-,30-29-/t57-/m1/s1. The lowest BCUT2D eigenvalue weighted by molar-refractivity contribution is -0.167. The van der Waals surface area contributed by atoms with Crippen molar-refractivity contribution in [3.8, 4) is 0 Å². The van der Waals surface area contributed by atoms with Crippen molar-refractivity contribution in [3.05, 3.63) is 24.3 Å². The summed E-state index contributed by atoms with van der Waals surface area (Å²) in [6.07, 6.45) is 64.5. The number of rotatable bonds is 54. The summed E-state index contributed by atoms with van der Waals surface area (Å²) in [6.45, 7) is 6.67. The van der Waals surface area contributed by atoms with Crippen molar-refractivity contribution in [2.75, 3.05) is 13.2 Å². The first-order chi connectivity index (χ1) is 32.5. The van der Waals surface area contributed by atoms with Crippen molar-refractivity contribution < 1.29 is 28.6 Å². The average molecular weight is 930 g/mol. The molecule has 0 heterocycles. The molecule has 388 valence electrons. The Morgan fingerprint density at radius 1 is 0.288 bits per heavy atom.